The molecule has 0 aliphatic heterocycles. The van der Waals surface area contributed by atoms with Crippen LogP contribution in [0.1, 0.15) is 16.1 Å². The molecule has 26 heavy (non-hydrogen) atoms. The van der Waals surface area contributed by atoms with E-state index in [1.807, 2.05) is 0 Å². The van der Waals surface area contributed by atoms with E-state index in [0.717, 1.165) is 0 Å². The third-order valence-corrected chi connectivity index (χ3v) is 6.18. The number of ketones is 1. The number of carbonyl (C=O) groups excluding carboxylic acids is 1. The molecule has 6 nitrogen and oxygen atoms in total. The molecule has 0 radical (unpaired) electrons. The smallest absolute Gasteiger partial charge is 0.270 e. The van der Waals surface area contributed by atoms with Crippen LogP contribution in [0.3, 0.4) is 0 Å². The lowest BCUT2D eigenvalue weighted by Crippen LogP contribution is -2.19. The molecule has 3 N–H and O–H groups in total. The highest BCUT2D eigenvalue weighted by molar-refractivity contribution is 9.11. The van der Waals surface area contributed by atoms with Crippen LogP contribution in [0.4, 0.5) is 0 Å². The number of fused-ring (bicyclic) bond motifs is 1. The van der Waals surface area contributed by atoms with Gasteiger partial charge in [-0.05, 0) is 81.9 Å². The fraction of sp³-hybridized carbons (Fsp3) is 0.0625. The minimum Gasteiger partial charge on any atom is -0.506 e. The van der Waals surface area contributed by atoms with Crippen LogP contribution in [-0.2, 0) is 6.42 Å². The number of carbonyl (C=O) groups is 1. The van der Waals surface area contributed by atoms with Crippen molar-refractivity contribution in [1.29, 1.82) is 0 Å². The number of hydrogen-bond donors (Lipinski definition) is 3. The maximum Gasteiger partial charge on any atom is 0.270 e. The average Bonchev–Trinajstić information content (AvgIpc) is 2.59. The molecule has 3 rings (SSSR count). The molecule has 0 aliphatic rings. The molecule has 0 unspecified atom stereocenters. The molecule has 10 heteroatoms. The average molecular weight is 612 g/mol. The molecule has 1 heterocycles. The number of nitrogens with one attached hydrogen (secondary N) is 1. The van der Waals surface area contributed by atoms with Gasteiger partial charge in [-0.1, -0.05) is 0 Å². The predicted octanol–water partition coefficient (Wildman–Crippen LogP) is 4.81. The number of phenols is 2. The van der Waals surface area contributed by atoms with Gasteiger partial charge in [-0.15, -0.1) is 0 Å². The summed E-state index contributed by atoms with van der Waals surface area (Å²) < 4.78 is 1.42. The molecule has 2 aromatic carbocycles. The monoisotopic (exact) mass is 608 g/mol. The van der Waals surface area contributed by atoms with Crippen LogP contribution < -0.4 is 5.56 Å². The van der Waals surface area contributed by atoms with Gasteiger partial charge in [0.05, 0.1) is 35.3 Å². The minimum absolute atomic E-state index is 0.0160. The highest BCUT2D eigenvalue weighted by Gasteiger charge is 2.17. The quantitative estimate of drug-likeness (QED) is 0.369. The lowest BCUT2D eigenvalue weighted by atomic mass is 10.1. The van der Waals surface area contributed by atoms with E-state index in [-0.39, 0.29) is 29.4 Å². The van der Waals surface area contributed by atoms with E-state index in [1.165, 1.54) is 12.1 Å². The summed E-state index contributed by atoms with van der Waals surface area (Å²) in [5, 5.41) is 19.6. The fourth-order valence-corrected chi connectivity index (χ4v) is 4.67. The predicted molar refractivity (Wildman–Crippen MR) is 111 cm³/mol. The largest absolute Gasteiger partial charge is 0.506 e. The first-order chi connectivity index (χ1) is 12.2. The van der Waals surface area contributed by atoms with Crippen LogP contribution in [0.15, 0.2) is 40.9 Å². The topological polar surface area (TPSA) is 103 Å². The van der Waals surface area contributed by atoms with E-state index in [4.69, 9.17) is 0 Å². The summed E-state index contributed by atoms with van der Waals surface area (Å²) in [7, 11) is 0. The lowest BCUT2D eigenvalue weighted by Gasteiger charge is -2.08. The summed E-state index contributed by atoms with van der Waals surface area (Å²) in [4.78, 5) is 31.7. The summed E-state index contributed by atoms with van der Waals surface area (Å²) in [6, 6.07) is 4.50. The van der Waals surface area contributed by atoms with Crippen molar-refractivity contribution in [2.24, 2.45) is 0 Å². The fourth-order valence-electron chi connectivity index (χ4n) is 2.29. The zero-order valence-corrected chi connectivity index (χ0v) is 19.0. The van der Waals surface area contributed by atoms with E-state index in [0.29, 0.717) is 34.5 Å². The van der Waals surface area contributed by atoms with Gasteiger partial charge < -0.3 is 15.2 Å². The number of nitrogens with zero attached hydrogens (tertiary/aromatic N) is 1. The first kappa shape index (κ1) is 19.5. The van der Waals surface area contributed by atoms with Crippen LogP contribution in [-0.4, -0.2) is 26.0 Å². The minimum atomic E-state index is -0.523. The van der Waals surface area contributed by atoms with Crippen molar-refractivity contribution in [3.63, 3.8) is 0 Å². The number of rotatable bonds is 3. The van der Waals surface area contributed by atoms with Crippen molar-refractivity contribution in [3.8, 4) is 11.5 Å². The molecule has 0 aliphatic carbocycles. The van der Waals surface area contributed by atoms with Gasteiger partial charge in [0.2, 0.25) is 0 Å². The molecule has 1 aromatic heterocycles. The molecule has 0 saturated heterocycles. The summed E-state index contributed by atoms with van der Waals surface area (Å²) >= 11 is 12.8. The summed E-state index contributed by atoms with van der Waals surface area (Å²) in [6.45, 7) is 0. The summed E-state index contributed by atoms with van der Waals surface area (Å²) in [5.41, 5.74) is 0.590. The van der Waals surface area contributed by atoms with Crippen molar-refractivity contribution in [1.82, 2.24) is 9.97 Å². The standard InChI is InChI=1S/C16H8Br4N2O4/c17-6-1-5(2-7(18)14(6)24)11(23)4-10-16(26)22-13-9(21-10)3-8(19)15(25)12(13)20/h1-3,24-25H,4H2,(H,22,26). The third-order valence-electron chi connectivity index (χ3n) is 3.60. The van der Waals surface area contributed by atoms with Crippen LogP contribution in [0.2, 0.25) is 0 Å². The lowest BCUT2D eigenvalue weighted by molar-refractivity contribution is 0.0991. The van der Waals surface area contributed by atoms with Gasteiger partial charge in [-0.2, -0.15) is 0 Å². The van der Waals surface area contributed by atoms with Crippen molar-refractivity contribution < 1.29 is 15.0 Å². The molecule has 0 amide bonds. The van der Waals surface area contributed by atoms with E-state index in [2.05, 4.69) is 73.7 Å². The van der Waals surface area contributed by atoms with Gasteiger partial charge in [0, 0.05) is 5.56 Å². The summed E-state index contributed by atoms with van der Waals surface area (Å²) in [6.07, 6.45) is -0.217. The number of halogens is 4. The van der Waals surface area contributed by atoms with E-state index < -0.39 is 5.56 Å². The summed E-state index contributed by atoms with van der Waals surface area (Å²) in [5.74, 6) is -0.407. The normalized spacial score (nSPS) is 11.1. The SMILES string of the molecule is O=C(Cc1nc2cc(Br)c(O)c(Br)c2[nH]c1=O)c1cc(Br)c(O)c(Br)c1. The maximum absolute atomic E-state index is 12.5. The second kappa shape index (κ2) is 7.41. The number of aromatic hydroxyl groups is 2. The van der Waals surface area contributed by atoms with Crippen molar-refractivity contribution in [3.05, 3.63) is 57.7 Å². The Bertz CT molecular complexity index is 1100. The van der Waals surface area contributed by atoms with Gasteiger partial charge in [-0.25, -0.2) is 4.98 Å². The Labute approximate surface area is 180 Å². The molecule has 0 atom stereocenters. The Morgan fingerprint density at radius 2 is 1.58 bits per heavy atom. The van der Waals surface area contributed by atoms with Crippen molar-refractivity contribution >= 4 is 80.5 Å². The first-order valence-corrected chi connectivity index (χ1v) is 10.2. The molecule has 0 bridgehead atoms. The van der Waals surface area contributed by atoms with Crippen LogP contribution >= 0.6 is 63.7 Å². The zero-order valence-electron chi connectivity index (χ0n) is 12.6. The van der Waals surface area contributed by atoms with Crippen LogP contribution in [0.25, 0.3) is 11.0 Å². The molecule has 0 saturated carbocycles. The Morgan fingerprint density at radius 3 is 2.19 bits per heavy atom. The van der Waals surface area contributed by atoms with E-state index in [1.54, 1.807) is 6.07 Å². The third kappa shape index (κ3) is 3.60. The van der Waals surface area contributed by atoms with E-state index in [9.17, 15) is 19.8 Å². The van der Waals surface area contributed by atoms with Crippen molar-refractivity contribution in [2.75, 3.05) is 0 Å². The zero-order chi connectivity index (χ0) is 19.2. The second-order valence-electron chi connectivity index (χ2n) is 5.32. The second-order valence-corrected chi connectivity index (χ2v) is 8.67. The van der Waals surface area contributed by atoms with Gasteiger partial charge in [0.1, 0.15) is 17.2 Å². The number of benzene rings is 2. The molecular weight excluding hydrogens is 604 g/mol. The van der Waals surface area contributed by atoms with Crippen LogP contribution in [0.5, 0.6) is 11.5 Å². The Morgan fingerprint density at radius 1 is 1.00 bits per heavy atom. The molecular formula is C16H8Br4N2O4. The highest BCUT2D eigenvalue weighted by atomic mass is 79.9. The number of hydrogen-bond acceptors (Lipinski definition) is 5. The number of H-pyrrole nitrogens is 1. The number of aromatic nitrogens is 2. The van der Waals surface area contributed by atoms with Crippen molar-refractivity contribution in [2.45, 2.75) is 6.42 Å². The van der Waals surface area contributed by atoms with Gasteiger partial charge in [-0.3, -0.25) is 9.59 Å². The maximum atomic E-state index is 12.5. The molecule has 0 fully saturated rings. The number of aromatic amines is 1. The van der Waals surface area contributed by atoms with Gasteiger partial charge in [0.15, 0.2) is 5.78 Å². The number of phenolic OH excluding ortho intramolecular Hbond substituents is 2. The Kier molecular flexibility index (Phi) is 5.57. The Hall–Kier alpha value is -1.23. The van der Waals surface area contributed by atoms with Crippen LogP contribution in [0, 0.1) is 0 Å². The number of Topliss-reactive ketones (excluding diaryl/α,β-unsaturated/α-hetero) is 1. The van der Waals surface area contributed by atoms with E-state index >= 15 is 0 Å². The highest BCUT2D eigenvalue weighted by Crippen LogP contribution is 2.37. The molecule has 134 valence electrons. The van der Waals surface area contributed by atoms with Gasteiger partial charge in [0.25, 0.3) is 5.56 Å². The molecule has 0 spiro atoms. The Balaban J connectivity index is 2.04. The first-order valence-electron chi connectivity index (χ1n) is 7.00. The molecule has 3 aromatic rings. The van der Waals surface area contributed by atoms with Gasteiger partial charge >= 0.3 is 0 Å².